The summed E-state index contributed by atoms with van der Waals surface area (Å²) in [6, 6.07) is 3.96. The minimum atomic E-state index is 0.628. The van der Waals surface area contributed by atoms with Gasteiger partial charge in [-0.1, -0.05) is 6.07 Å². The third kappa shape index (κ3) is 4.09. The molecule has 1 saturated heterocycles. The second-order valence-electron chi connectivity index (χ2n) is 7.20. The summed E-state index contributed by atoms with van der Waals surface area (Å²) in [5.74, 6) is 2.84. The van der Waals surface area contributed by atoms with Crippen LogP contribution in [0.15, 0.2) is 18.3 Å². The van der Waals surface area contributed by atoms with Crippen LogP contribution >= 0.6 is 0 Å². The predicted octanol–water partition coefficient (Wildman–Crippen LogP) is 1.90. The second kappa shape index (κ2) is 8.84. The van der Waals surface area contributed by atoms with E-state index in [4.69, 9.17) is 23.9 Å². The smallest absolute Gasteiger partial charge is 0.225 e. The number of rotatable bonds is 6. The van der Waals surface area contributed by atoms with Gasteiger partial charge in [0.1, 0.15) is 0 Å². The Morgan fingerprint density at radius 1 is 1.00 bits per heavy atom. The van der Waals surface area contributed by atoms with Crippen molar-refractivity contribution in [2.24, 2.45) is 0 Å². The summed E-state index contributed by atoms with van der Waals surface area (Å²) < 4.78 is 22.0. The highest BCUT2D eigenvalue weighted by molar-refractivity contribution is 5.55. The molecule has 0 N–H and O–H groups in total. The molecule has 0 bridgehead atoms. The number of nitrogens with zero attached hydrogens (tertiary/aromatic N) is 4. The Morgan fingerprint density at radius 3 is 2.52 bits per heavy atom. The van der Waals surface area contributed by atoms with Gasteiger partial charge >= 0.3 is 0 Å². The summed E-state index contributed by atoms with van der Waals surface area (Å²) in [6.07, 6.45) is 2.88. The molecular weight excluding hydrogens is 372 g/mol. The van der Waals surface area contributed by atoms with Crippen molar-refractivity contribution in [1.82, 2.24) is 14.9 Å². The molecule has 2 aliphatic rings. The monoisotopic (exact) mass is 400 g/mol. The molecule has 8 nitrogen and oxygen atoms in total. The molecule has 4 rings (SSSR count). The molecule has 0 unspecified atom stereocenters. The molecule has 156 valence electrons. The molecule has 2 aromatic rings. The molecule has 0 amide bonds. The van der Waals surface area contributed by atoms with Gasteiger partial charge in [0.25, 0.3) is 0 Å². The molecule has 1 fully saturated rings. The van der Waals surface area contributed by atoms with Crippen molar-refractivity contribution >= 4 is 5.95 Å². The highest BCUT2D eigenvalue weighted by Crippen LogP contribution is 2.40. The van der Waals surface area contributed by atoms with E-state index in [2.05, 4.69) is 14.8 Å². The number of hydrogen-bond acceptors (Lipinski definition) is 8. The molecule has 0 aliphatic carbocycles. The first-order valence-electron chi connectivity index (χ1n) is 9.91. The fraction of sp³-hybridized carbons (Fsp3) is 0.524. The van der Waals surface area contributed by atoms with E-state index in [0.717, 1.165) is 75.3 Å². The van der Waals surface area contributed by atoms with Crippen molar-refractivity contribution in [3.63, 3.8) is 0 Å². The van der Waals surface area contributed by atoms with Crippen molar-refractivity contribution in [2.75, 3.05) is 59.1 Å². The van der Waals surface area contributed by atoms with Gasteiger partial charge in [0, 0.05) is 56.5 Å². The predicted molar refractivity (Wildman–Crippen MR) is 109 cm³/mol. The first-order valence-corrected chi connectivity index (χ1v) is 9.91. The Balaban J connectivity index is 1.49. The molecule has 29 heavy (non-hydrogen) atoms. The van der Waals surface area contributed by atoms with Crippen LogP contribution < -0.4 is 19.1 Å². The van der Waals surface area contributed by atoms with E-state index in [0.29, 0.717) is 11.5 Å². The third-order valence-electron chi connectivity index (χ3n) is 5.47. The summed E-state index contributed by atoms with van der Waals surface area (Å²) in [7, 11) is 4.92. The van der Waals surface area contributed by atoms with Crippen LogP contribution in [0.5, 0.6) is 17.2 Å². The standard InChI is InChI=1S/C21H28N4O4/c1-26-18-5-4-15(19(27-2)20(18)28-3)13-24-7-6-17-16(14-24)12-22-21(23-17)25-8-10-29-11-9-25/h4-5,12H,6-11,13-14H2,1-3H3. The first-order chi connectivity index (χ1) is 14.2. The SMILES string of the molecule is COc1ccc(CN2CCc3nc(N4CCOCC4)ncc3C2)c(OC)c1OC. The topological polar surface area (TPSA) is 69.2 Å². The first kappa shape index (κ1) is 19.7. The normalized spacial score (nSPS) is 17.0. The maximum Gasteiger partial charge on any atom is 0.225 e. The van der Waals surface area contributed by atoms with Gasteiger partial charge in [-0.25, -0.2) is 9.97 Å². The van der Waals surface area contributed by atoms with E-state index in [1.165, 1.54) is 5.56 Å². The third-order valence-corrected chi connectivity index (χ3v) is 5.47. The molecule has 1 aromatic carbocycles. The zero-order valence-corrected chi connectivity index (χ0v) is 17.3. The summed E-state index contributed by atoms with van der Waals surface area (Å²) in [5.41, 5.74) is 3.41. The Bertz CT molecular complexity index is 855. The van der Waals surface area contributed by atoms with Gasteiger partial charge in [-0.2, -0.15) is 0 Å². The van der Waals surface area contributed by atoms with E-state index in [1.807, 2.05) is 18.3 Å². The van der Waals surface area contributed by atoms with Crippen LogP contribution in [0.1, 0.15) is 16.8 Å². The van der Waals surface area contributed by atoms with E-state index < -0.39 is 0 Å². The van der Waals surface area contributed by atoms with Gasteiger partial charge in [0.15, 0.2) is 11.5 Å². The van der Waals surface area contributed by atoms with Crippen molar-refractivity contribution in [2.45, 2.75) is 19.5 Å². The fourth-order valence-corrected chi connectivity index (χ4v) is 3.94. The van der Waals surface area contributed by atoms with Crippen LogP contribution in [0.2, 0.25) is 0 Å². The largest absolute Gasteiger partial charge is 0.493 e. The van der Waals surface area contributed by atoms with Crippen LogP contribution in [0.3, 0.4) is 0 Å². The van der Waals surface area contributed by atoms with Gasteiger partial charge in [-0.3, -0.25) is 4.90 Å². The molecular formula is C21H28N4O4. The number of benzene rings is 1. The Morgan fingerprint density at radius 2 is 1.79 bits per heavy atom. The van der Waals surface area contributed by atoms with E-state index in [1.54, 1.807) is 21.3 Å². The van der Waals surface area contributed by atoms with Crippen molar-refractivity contribution < 1.29 is 18.9 Å². The summed E-state index contributed by atoms with van der Waals surface area (Å²) in [6.45, 7) is 5.69. The number of methoxy groups -OCH3 is 3. The average Bonchev–Trinajstić information content (AvgIpc) is 2.78. The second-order valence-corrected chi connectivity index (χ2v) is 7.20. The van der Waals surface area contributed by atoms with Crippen molar-refractivity contribution in [3.8, 4) is 17.2 Å². The molecule has 3 heterocycles. The van der Waals surface area contributed by atoms with E-state index >= 15 is 0 Å². The highest BCUT2D eigenvalue weighted by Gasteiger charge is 2.23. The molecule has 0 saturated carbocycles. The van der Waals surface area contributed by atoms with Crippen molar-refractivity contribution in [3.05, 3.63) is 35.2 Å². The van der Waals surface area contributed by atoms with Gasteiger partial charge < -0.3 is 23.8 Å². The summed E-state index contributed by atoms with van der Waals surface area (Å²) in [4.78, 5) is 14.0. The maximum absolute atomic E-state index is 5.63. The lowest BCUT2D eigenvalue weighted by Crippen LogP contribution is -2.38. The molecule has 0 radical (unpaired) electrons. The van der Waals surface area contributed by atoms with Gasteiger partial charge in [-0.05, 0) is 6.07 Å². The lowest BCUT2D eigenvalue weighted by molar-refractivity contribution is 0.122. The number of ether oxygens (including phenoxy) is 4. The summed E-state index contributed by atoms with van der Waals surface area (Å²) >= 11 is 0. The van der Waals surface area contributed by atoms with Crippen LogP contribution in [0, 0.1) is 0 Å². The highest BCUT2D eigenvalue weighted by atomic mass is 16.5. The Kier molecular flexibility index (Phi) is 6.01. The maximum atomic E-state index is 5.63. The number of fused-ring (bicyclic) bond motifs is 1. The van der Waals surface area contributed by atoms with Gasteiger partial charge in [0.2, 0.25) is 11.7 Å². The molecule has 8 heteroatoms. The van der Waals surface area contributed by atoms with E-state index in [-0.39, 0.29) is 0 Å². The number of hydrogen-bond donors (Lipinski definition) is 0. The van der Waals surface area contributed by atoms with Crippen LogP contribution in [0.25, 0.3) is 0 Å². The quantitative estimate of drug-likeness (QED) is 0.728. The van der Waals surface area contributed by atoms with Gasteiger partial charge in [0.05, 0.1) is 40.2 Å². The Hall–Kier alpha value is -2.58. The van der Waals surface area contributed by atoms with E-state index in [9.17, 15) is 0 Å². The molecule has 2 aliphatic heterocycles. The average molecular weight is 400 g/mol. The lowest BCUT2D eigenvalue weighted by Gasteiger charge is -2.31. The number of aromatic nitrogens is 2. The molecule has 0 spiro atoms. The molecule has 1 aromatic heterocycles. The molecule has 0 atom stereocenters. The van der Waals surface area contributed by atoms with Crippen LogP contribution in [-0.2, 0) is 24.2 Å². The lowest BCUT2D eigenvalue weighted by atomic mass is 10.1. The fourth-order valence-electron chi connectivity index (χ4n) is 3.94. The van der Waals surface area contributed by atoms with Crippen LogP contribution in [-0.4, -0.2) is 69.0 Å². The Labute approximate surface area is 171 Å². The van der Waals surface area contributed by atoms with Crippen molar-refractivity contribution in [1.29, 1.82) is 0 Å². The minimum absolute atomic E-state index is 0.628. The number of anilines is 1. The zero-order chi connectivity index (χ0) is 20.2. The minimum Gasteiger partial charge on any atom is -0.493 e. The van der Waals surface area contributed by atoms with Crippen LogP contribution in [0.4, 0.5) is 5.95 Å². The van der Waals surface area contributed by atoms with Gasteiger partial charge in [-0.15, -0.1) is 0 Å². The zero-order valence-electron chi connectivity index (χ0n) is 17.3. The summed E-state index contributed by atoms with van der Waals surface area (Å²) in [5, 5.41) is 0. The number of morpholine rings is 1.